The van der Waals surface area contributed by atoms with Crippen LogP contribution in [0.3, 0.4) is 0 Å². The van der Waals surface area contributed by atoms with Gasteiger partial charge in [-0.2, -0.15) is 4.37 Å². The first-order valence-electron chi connectivity index (χ1n) is 9.69. The zero-order valence-electron chi connectivity index (χ0n) is 15.2. The van der Waals surface area contributed by atoms with Gasteiger partial charge in [-0.3, -0.25) is 9.69 Å². The molecule has 0 radical (unpaired) electrons. The first-order chi connectivity index (χ1) is 13.0. The van der Waals surface area contributed by atoms with Crippen molar-refractivity contribution < 1.29 is 9.90 Å². The lowest BCUT2D eigenvalue weighted by Gasteiger charge is -2.51. The summed E-state index contributed by atoms with van der Waals surface area (Å²) < 4.78 is 5.47. The average molecular weight is 388 g/mol. The van der Waals surface area contributed by atoms with Gasteiger partial charge in [0.15, 0.2) is 0 Å². The Bertz CT molecular complexity index is 878. The Balaban J connectivity index is 1.43. The molecule has 27 heavy (non-hydrogen) atoms. The van der Waals surface area contributed by atoms with E-state index in [-0.39, 0.29) is 12.0 Å². The first kappa shape index (κ1) is 17.4. The molecular formula is C19H25N5O2S. The van der Waals surface area contributed by atoms with E-state index in [9.17, 15) is 9.90 Å². The molecule has 2 bridgehead atoms. The monoisotopic (exact) mass is 387 g/mol. The summed E-state index contributed by atoms with van der Waals surface area (Å²) in [5.74, 6) is 0.147. The molecule has 0 saturated carbocycles. The molecule has 0 spiro atoms. The van der Waals surface area contributed by atoms with E-state index in [1.165, 1.54) is 11.5 Å². The molecule has 4 N–H and O–H groups in total. The van der Waals surface area contributed by atoms with Crippen LogP contribution in [0.5, 0.6) is 0 Å². The predicted octanol–water partition coefficient (Wildman–Crippen LogP) is 0.978. The number of amides is 1. The Morgan fingerprint density at radius 1 is 1.30 bits per heavy atom. The minimum atomic E-state index is -0.666. The van der Waals surface area contributed by atoms with Gasteiger partial charge in [-0.05, 0) is 55.9 Å². The van der Waals surface area contributed by atoms with Gasteiger partial charge in [0.2, 0.25) is 0 Å². The van der Waals surface area contributed by atoms with Crippen LogP contribution in [0, 0.1) is 5.92 Å². The lowest BCUT2D eigenvalue weighted by Crippen LogP contribution is -2.72. The van der Waals surface area contributed by atoms with Gasteiger partial charge in [-0.15, -0.1) is 0 Å². The van der Waals surface area contributed by atoms with Crippen LogP contribution in [0.4, 0.5) is 5.69 Å². The van der Waals surface area contributed by atoms with Gasteiger partial charge in [0.05, 0.1) is 16.5 Å². The third-order valence-corrected chi connectivity index (χ3v) is 7.23. The van der Waals surface area contributed by atoms with E-state index in [4.69, 9.17) is 5.73 Å². The maximum Gasteiger partial charge on any atom is 0.273 e. The number of hydrogen-bond acceptors (Lipinski definition) is 7. The van der Waals surface area contributed by atoms with Crippen molar-refractivity contribution in [3.05, 3.63) is 23.9 Å². The highest BCUT2D eigenvalue weighted by Gasteiger charge is 2.45. The van der Waals surface area contributed by atoms with Crippen molar-refractivity contribution in [2.24, 2.45) is 11.7 Å². The van der Waals surface area contributed by atoms with Crippen molar-refractivity contribution in [3.63, 3.8) is 0 Å². The van der Waals surface area contributed by atoms with Gasteiger partial charge in [0.25, 0.3) is 5.91 Å². The molecule has 4 aliphatic rings. The quantitative estimate of drug-likeness (QED) is 0.680. The number of nitrogens with one attached hydrogen (secondary N) is 1. The Labute approximate surface area is 162 Å². The lowest BCUT2D eigenvalue weighted by molar-refractivity contribution is 0.0103. The summed E-state index contributed by atoms with van der Waals surface area (Å²) in [5, 5.41) is 13.8. The largest absolute Gasteiger partial charge is 0.391 e. The molecule has 1 aromatic heterocycles. The van der Waals surface area contributed by atoms with Gasteiger partial charge in [0, 0.05) is 25.0 Å². The fraction of sp³-hybridized carbons (Fsp3) is 0.579. The van der Waals surface area contributed by atoms with E-state index in [1.807, 2.05) is 18.2 Å². The van der Waals surface area contributed by atoms with Crippen molar-refractivity contribution in [2.75, 3.05) is 37.6 Å². The van der Waals surface area contributed by atoms with Gasteiger partial charge in [-0.25, -0.2) is 0 Å². The number of β-amino-alcohol motifs (C(OH)–C–C–N with tert-alkyl or cyclic N) is 1. The summed E-state index contributed by atoms with van der Waals surface area (Å²) in [5.41, 5.74) is 7.44. The summed E-state index contributed by atoms with van der Waals surface area (Å²) in [6.07, 6.45) is 2.56. The molecule has 144 valence electrons. The molecular weight excluding hydrogens is 362 g/mol. The molecule has 1 amide bonds. The molecule has 5 heterocycles. The van der Waals surface area contributed by atoms with Crippen molar-refractivity contribution >= 4 is 33.2 Å². The van der Waals surface area contributed by atoms with E-state index < -0.39 is 5.66 Å². The number of aromatic nitrogens is 1. The molecule has 1 aromatic carbocycles. The van der Waals surface area contributed by atoms with Crippen LogP contribution in [0.25, 0.3) is 10.1 Å². The smallest absolute Gasteiger partial charge is 0.273 e. The molecule has 4 saturated heterocycles. The number of fused-ring (bicyclic) bond motifs is 4. The second-order valence-corrected chi connectivity index (χ2v) is 8.89. The van der Waals surface area contributed by atoms with Crippen LogP contribution in [0.15, 0.2) is 18.2 Å². The van der Waals surface area contributed by atoms with Crippen molar-refractivity contribution in [2.45, 2.75) is 31.0 Å². The molecule has 1 unspecified atom stereocenters. The molecule has 8 heteroatoms. The highest BCUT2D eigenvalue weighted by molar-refractivity contribution is 7.14. The Kier molecular flexibility index (Phi) is 4.12. The standard InChI is InChI=1S/C19H25N5O2S/c20-19(11-23-7-4-12(19)5-8-23)21-18(26)16-14-2-1-3-15(17(14)27-22-16)24-9-6-13(25)10-24/h1-3,12-13,25H,4-11,20H2,(H,21,26)/t13?,19-/m1/s1. The SMILES string of the molecule is N[C@@]1(NC(=O)c2nsc3c(N4CCC(O)C4)cccc23)CN2CCC1CC2. The summed E-state index contributed by atoms with van der Waals surface area (Å²) in [6, 6.07) is 5.95. The number of piperidine rings is 3. The highest BCUT2D eigenvalue weighted by Crippen LogP contribution is 2.35. The fourth-order valence-corrected chi connectivity index (χ4v) is 5.76. The molecule has 2 aromatic rings. The minimum Gasteiger partial charge on any atom is -0.391 e. The van der Waals surface area contributed by atoms with Crippen LogP contribution in [0.1, 0.15) is 29.8 Å². The molecule has 2 atom stereocenters. The highest BCUT2D eigenvalue weighted by atomic mass is 32.1. The number of carbonyl (C=O) groups excluding carboxylic acids is 1. The van der Waals surface area contributed by atoms with Crippen molar-refractivity contribution in [1.82, 2.24) is 14.6 Å². The van der Waals surface area contributed by atoms with Crippen LogP contribution < -0.4 is 16.0 Å². The topological polar surface area (TPSA) is 94.7 Å². The fourth-order valence-electron chi connectivity index (χ4n) is 4.84. The summed E-state index contributed by atoms with van der Waals surface area (Å²) in [4.78, 5) is 17.5. The number of aliphatic hydroxyl groups excluding tert-OH is 1. The summed E-state index contributed by atoms with van der Waals surface area (Å²) in [6.45, 7) is 4.31. The zero-order chi connectivity index (χ0) is 18.6. The van der Waals surface area contributed by atoms with Crippen LogP contribution in [-0.4, -0.2) is 64.8 Å². The van der Waals surface area contributed by atoms with Gasteiger partial charge in [-0.1, -0.05) is 12.1 Å². The number of nitrogens with two attached hydrogens (primary N) is 1. The second kappa shape index (κ2) is 6.41. The Morgan fingerprint density at radius 3 is 2.78 bits per heavy atom. The molecule has 4 aliphatic heterocycles. The molecule has 4 fully saturated rings. The number of benzene rings is 1. The van der Waals surface area contributed by atoms with E-state index >= 15 is 0 Å². The number of carbonyl (C=O) groups is 1. The number of aliphatic hydroxyl groups is 1. The Morgan fingerprint density at radius 2 is 2.11 bits per heavy atom. The molecule has 6 rings (SSSR count). The Hall–Kier alpha value is -1.74. The van der Waals surface area contributed by atoms with E-state index in [2.05, 4.69) is 19.5 Å². The third-order valence-electron chi connectivity index (χ3n) is 6.34. The number of hydrogen-bond donors (Lipinski definition) is 3. The lowest BCUT2D eigenvalue weighted by atomic mass is 9.79. The minimum absolute atomic E-state index is 0.184. The van der Waals surface area contributed by atoms with Gasteiger partial charge >= 0.3 is 0 Å². The van der Waals surface area contributed by atoms with Crippen molar-refractivity contribution in [3.8, 4) is 0 Å². The maximum absolute atomic E-state index is 13.0. The maximum atomic E-state index is 13.0. The van der Waals surface area contributed by atoms with Crippen LogP contribution in [-0.2, 0) is 0 Å². The first-order valence-corrected chi connectivity index (χ1v) is 10.5. The van der Waals surface area contributed by atoms with Gasteiger partial charge < -0.3 is 21.1 Å². The van der Waals surface area contributed by atoms with Crippen LogP contribution in [0.2, 0.25) is 0 Å². The second-order valence-electron chi connectivity index (χ2n) is 8.12. The number of rotatable bonds is 3. The van der Waals surface area contributed by atoms with E-state index in [1.54, 1.807) is 0 Å². The number of nitrogens with zero attached hydrogens (tertiary/aromatic N) is 3. The van der Waals surface area contributed by atoms with E-state index in [0.29, 0.717) is 24.7 Å². The van der Waals surface area contributed by atoms with Crippen LogP contribution >= 0.6 is 11.5 Å². The zero-order valence-corrected chi connectivity index (χ0v) is 16.0. The van der Waals surface area contributed by atoms with Gasteiger partial charge in [0.1, 0.15) is 11.4 Å². The summed E-state index contributed by atoms with van der Waals surface area (Å²) in [7, 11) is 0. The normalized spacial score (nSPS) is 33.0. The van der Waals surface area contributed by atoms with E-state index in [0.717, 1.165) is 54.7 Å². The molecule has 7 nitrogen and oxygen atoms in total. The van der Waals surface area contributed by atoms with Crippen molar-refractivity contribution in [1.29, 1.82) is 0 Å². The summed E-state index contributed by atoms with van der Waals surface area (Å²) >= 11 is 1.35. The predicted molar refractivity (Wildman–Crippen MR) is 106 cm³/mol. The number of anilines is 1. The average Bonchev–Trinajstić information content (AvgIpc) is 3.28. The molecule has 0 aliphatic carbocycles. The third kappa shape index (κ3) is 2.91.